The first kappa shape index (κ1) is 15.4. The number of aromatic carboxylic acids is 1. The van der Waals surface area contributed by atoms with Gasteiger partial charge in [-0.3, -0.25) is 4.90 Å². The van der Waals surface area contributed by atoms with Crippen molar-refractivity contribution in [2.24, 2.45) is 0 Å². The highest BCUT2D eigenvalue weighted by molar-refractivity contribution is 7.13. The van der Waals surface area contributed by atoms with Crippen LogP contribution in [-0.2, 0) is 13.0 Å². The second-order valence-electron chi connectivity index (χ2n) is 5.47. The number of nitrogens with zero attached hydrogens (tertiary/aromatic N) is 2. The summed E-state index contributed by atoms with van der Waals surface area (Å²) in [6.07, 6.45) is 6.68. The molecule has 2 heterocycles. The van der Waals surface area contributed by atoms with Gasteiger partial charge in [0.2, 0.25) is 0 Å². The molecule has 2 rings (SSSR count). The minimum atomic E-state index is -0.831. The number of aryl methyl sites for hydroxylation is 1. The van der Waals surface area contributed by atoms with Crippen LogP contribution >= 0.6 is 11.3 Å². The monoisotopic (exact) mass is 296 g/mol. The summed E-state index contributed by atoms with van der Waals surface area (Å²) in [5, 5.41) is 10.2. The first-order valence-corrected chi connectivity index (χ1v) is 8.43. The smallest absolute Gasteiger partial charge is 0.347 e. The molecule has 4 nitrogen and oxygen atoms in total. The highest BCUT2D eigenvalue weighted by Crippen LogP contribution is 2.26. The summed E-state index contributed by atoms with van der Waals surface area (Å²) < 4.78 is 0. The predicted octanol–water partition coefficient (Wildman–Crippen LogP) is 3.56. The number of hydrogen-bond donors (Lipinski definition) is 1. The third-order valence-electron chi connectivity index (χ3n) is 3.98. The molecule has 0 spiro atoms. The van der Waals surface area contributed by atoms with Crippen LogP contribution in [0.3, 0.4) is 0 Å². The van der Waals surface area contributed by atoms with Gasteiger partial charge in [-0.05, 0) is 32.2 Å². The summed E-state index contributed by atoms with van der Waals surface area (Å²) in [6.45, 7) is 6.22. The van der Waals surface area contributed by atoms with Crippen molar-refractivity contribution in [2.45, 2.75) is 65.0 Å². The molecule has 1 aromatic rings. The molecule has 0 bridgehead atoms. The number of piperidine rings is 1. The van der Waals surface area contributed by atoms with Gasteiger partial charge in [0.15, 0.2) is 0 Å². The lowest BCUT2D eigenvalue weighted by Crippen LogP contribution is -2.38. The van der Waals surface area contributed by atoms with E-state index in [0.717, 1.165) is 36.6 Å². The Balaban J connectivity index is 2.12. The normalized spacial score (nSPS) is 20.2. The average Bonchev–Trinajstić information content (AvgIpc) is 2.83. The Bertz CT molecular complexity index is 459. The largest absolute Gasteiger partial charge is 0.477 e. The van der Waals surface area contributed by atoms with E-state index in [4.69, 9.17) is 0 Å². The van der Waals surface area contributed by atoms with Crippen molar-refractivity contribution >= 4 is 17.3 Å². The molecule has 1 aliphatic heterocycles. The lowest BCUT2D eigenvalue weighted by molar-refractivity contribution is 0.0700. The highest BCUT2D eigenvalue weighted by atomic mass is 32.1. The Kier molecular flexibility index (Phi) is 5.54. The SMILES string of the molecule is CCCc1nc(CN2CCCCC2CC)sc1C(=O)O. The van der Waals surface area contributed by atoms with Gasteiger partial charge in [0, 0.05) is 6.04 Å². The van der Waals surface area contributed by atoms with Crippen molar-refractivity contribution < 1.29 is 9.90 Å². The fourth-order valence-corrected chi connectivity index (χ4v) is 3.92. The molecular formula is C15H24N2O2S. The van der Waals surface area contributed by atoms with Gasteiger partial charge < -0.3 is 5.11 Å². The Morgan fingerprint density at radius 1 is 1.45 bits per heavy atom. The molecule has 0 saturated carbocycles. The Morgan fingerprint density at radius 3 is 2.90 bits per heavy atom. The van der Waals surface area contributed by atoms with Crippen molar-refractivity contribution in [1.29, 1.82) is 0 Å². The summed E-state index contributed by atoms with van der Waals surface area (Å²) in [5.74, 6) is -0.831. The molecule has 1 N–H and O–H groups in total. The topological polar surface area (TPSA) is 53.4 Å². The number of carbonyl (C=O) groups is 1. The molecule has 1 atom stereocenters. The van der Waals surface area contributed by atoms with E-state index in [1.807, 2.05) is 0 Å². The molecule has 1 saturated heterocycles. The van der Waals surface area contributed by atoms with Gasteiger partial charge in [-0.1, -0.05) is 26.7 Å². The average molecular weight is 296 g/mol. The molecule has 1 fully saturated rings. The number of likely N-dealkylation sites (tertiary alicyclic amines) is 1. The second-order valence-corrected chi connectivity index (χ2v) is 6.55. The van der Waals surface area contributed by atoms with Gasteiger partial charge in [-0.25, -0.2) is 9.78 Å². The van der Waals surface area contributed by atoms with Crippen LogP contribution in [0.4, 0.5) is 0 Å². The third kappa shape index (κ3) is 3.58. The van der Waals surface area contributed by atoms with E-state index >= 15 is 0 Å². The van der Waals surface area contributed by atoms with E-state index in [-0.39, 0.29) is 0 Å². The van der Waals surface area contributed by atoms with E-state index < -0.39 is 5.97 Å². The maximum absolute atomic E-state index is 11.3. The lowest BCUT2D eigenvalue weighted by atomic mass is 10.0. The zero-order valence-electron chi connectivity index (χ0n) is 12.4. The minimum absolute atomic E-state index is 0.437. The van der Waals surface area contributed by atoms with Gasteiger partial charge in [0.05, 0.1) is 12.2 Å². The maximum atomic E-state index is 11.3. The molecule has 1 aromatic heterocycles. The van der Waals surface area contributed by atoms with E-state index in [1.165, 1.54) is 37.0 Å². The zero-order chi connectivity index (χ0) is 14.5. The van der Waals surface area contributed by atoms with Crippen LogP contribution in [0.2, 0.25) is 0 Å². The Hall–Kier alpha value is -0.940. The van der Waals surface area contributed by atoms with Gasteiger partial charge in [0.1, 0.15) is 9.88 Å². The molecule has 20 heavy (non-hydrogen) atoms. The number of aromatic nitrogens is 1. The van der Waals surface area contributed by atoms with Crippen LogP contribution < -0.4 is 0 Å². The van der Waals surface area contributed by atoms with Crippen LogP contribution in [0.5, 0.6) is 0 Å². The fourth-order valence-electron chi connectivity index (χ4n) is 2.95. The Morgan fingerprint density at radius 2 is 2.25 bits per heavy atom. The maximum Gasteiger partial charge on any atom is 0.347 e. The van der Waals surface area contributed by atoms with Gasteiger partial charge in [-0.15, -0.1) is 11.3 Å². The minimum Gasteiger partial charge on any atom is -0.477 e. The predicted molar refractivity (Wildman–Crippen MR) is 81.4 cm³/mol. The molecular weight excluding hydrogens is 272 g/mol. The number of hydrogen-bond acceptors (Lipinski definition) is 4. The molecule has 5 heteroatoms. The summed E-state index contributed by atoms with van der Waals surface area (Å²) in [4.78, 5) is 18.8. The lowest BCUT2D eigenvalue weighted by Gasteiger charge is -2.34. The number of carboxylic acids is 1. The Labute approximate surface area is 124 Å². The van der Waals surface area contributed by atoms with Crippen LogP contribution in [0, 0.1) is 0 Å². The van der Waals surface area contributed by atoms with Gasteiger partial charge >= 0.3 is 5.97 Å². The zero-order valence-corrected chi connectivity index (χ0v) is 13.2. The molecule has 0 aromatic carbocycles. The number of carboxylic acid groups (broad SMARTS) is 1. The molecule has 1 unspecified atom stereocenters. The summed E-state index contributed by atoms with van der Waals surface area (Å²) in [5.41, 5.74) is 0.769. The summed E-state index contributed by atoms with van der Waals surface area (Å²) >= 11 is 1.36. The highest BCUT2D eigenvalue weighted by Gasteiger charge is 2.23. The van der Waals surface area contributed by atoms with E-state index in [9.17, 15) is 9.90 Å². The second kappa shape index (κ2) is 7.18. The van der Waals surface area contributed by atoms with Crippen molar-refractivity contribution in [1.82, 2.24) is 9.88 Å². The van der Waals surface area contributed by atoms with Crippen molar-refractivity contribution in [3.8, 4) is 0 Å². The van der Waals surface area contributed by atoms with E-state index in [0.29, 0.717) is 10.9 Å². The van der Waals surface area contributed by atoms with Crippen molar-refractivity contribution in [3.63, 3.8) is 0 Å². The summed E-state index contributed by atoms with van der Waals surface area (Å²) in [7, 11) is 0. The number of rotatable bonds is 6. The molecule has 1 aliphatic rings. The van der Waals surface area contributed by atoms with Crippen LogP contribution in [-0.4, -0.2) is 33.5 Å². The third-order valence-corrected chi connectivity index (χ3v) is 5.05. The summed E-state index contributed by atoms with van der Waals surface area (Å²) in [6, 6.07) is 0.635. The standard InChI is InChI=1S/C15H24N2O2S/c1-3-7-12-14(15(18)19)20-13(16-12)10-17-9-6-5-8-11(17)4-2/h11H,3-10H2,1-2H3,(H,18,19). The quantitative estimate of drug-likeness (QED) is 0.872. The van der Waals surface area contributed by atoms with E-state index in [2.05, 4.69) is 23.7 Å². The molecule has 0 amide bonds. The van der Waals surface area contributed by atoms with Crippen LogP contribution in [0.15, 0.2) is 0 Å². The molecule has 112 valence electrons. The van der Waals surface area contributed by atoms with Crippen molar-refractivity contribution in [3.05, 3.63) is 15.6 Å². The van der Waals surface area contributed by atoms with Crippen molar-refractivity contribution in [2.75, 3.05) is 6.54 Å². The molecule has 0 aliphatic carbocycles. The fraction of sp³-hybridized carbons (Fsp3) is 0.733. The van der Waals surface area contributed by atoms with Crippen LogP contribution in [0.25, 0.3) is 0 Å². The first-order chi connectivity index (χ1) is 9.65. The first-order valence-electron chi connectivity index (χ1n) is 7.61. The van der Waals surface area contributed by atoms with Crippen LogP contribution in [0.1, 0.15) is 66.3 Å². The number of thiazole rings is 1. The van der Waals surface area contributed by atoms with Gasteiger partial charge in [0.25, 0.3) is 0 Å². The van der Waals surface area contributed by atoms with Gasteiger partial charge in [-0.2, -0.15) is 0 Å². The van der Waals surface area contributed by atoms with E-state index in [1.54, 1.807) is 0 Å². The molecule has 0 radical (unpaired) electrons.